The maximum atomic E-state index is 10.8. The molecule has 0 saturated carbocycles. The normalized spacial score (nSPS) is 21.2. The number of aliphatic hydroxyl groups is 1. The summed E-state index contributed by atoms with van der Waals surface area (Å²) in [5.41, 5.74) is 1.17. The van der Waals surface area contributed by atoms with Gasteiger partial charge < -0.3 is 19.0 Å². The molecule has 3 aromatic carbocycles. The smallest absolute Gasteiger partial charge is 0.261 e. The van der Waals surface area contributed by atoms with Gasteiger partial charge in [-0.1, -0.05) is 119 Å². The summed E-state index contributed by atoms with van der Waals surface area (Å²) in [6.07, 6.45) is 0.568. The summed E-state index contributed by atoms with van der Waals surface area (Å²) in [6, 6.07) is 31.5. The zero-order valence-corrected chi connectivity index (χ0v) is 23.7. The molecule has 4 nitrogen and oxygen atoms in total. The molecule has 0 bridgehead atoms. The number of benzene rings is 3. The molecule has 198 valence electrons. The molecule has 0 aliphatic carbocycles. The first-order valence-electron chi connectivity index (χ1n) is 13.5. The van der Waals surface area contributed by atoms with Gasteiger partial charge in [-0.3, -0.25) is 0 Å². The molecule has 5 heteroatoms. The van der Waals surface area contributed by atoms with E-state index in [2.05, 4.69) is 100 Å². The van der Waals surface area contributed by atoms with Crippen LogP contribution in [0, 0.1) is 5.92 Å². The van der Waals surface area contributed by atoms with Gasteiger partial charge in [-0.25, -0.2) is 0 Å². The van der Waals surface area contributed by atoms with Gasteiger partial charge in [0.25, 0.3) is 8.32 Å². The fourth-order valence-electron chi connectivity index (χ4n) is 5.53. The van der Waals surface area contributed by atoms with E-state index in [1.54, 1.807) is 0 Å². The molecule has 0 aromatic heterocycles. The molecule has 4 atom stereocenters. The number of aliphatic hydroxyl groups excluding tert-OH is 1. The molecule has 0 unspecified atom stereocenters. The fourth-order valence-corrected chi connectivity index (χ4v) is 10.1. The third kappa shape index (κ3) is 6.78. The van der Waals surface area contributed by atoms with Crippen LogP contribution < -0.4 is 10.4 Å². The molecule has 1 fully saturated rings. The Balaban J connectivity index is 1.40. The molecule has 1 N–H and O–H groups in total. The van der Waals surface area contributed by atoms with Crippen molar-refractivity contribution in [3.05, 3.63) is 96.6 Å². The summed E-state index contributed by atoms with van der Waals surface area (Å²) in [7, 11) is -2.62. The molecule has 37 heavy (non-hydrogen) atoms. The van der Waals surface area contributed by atoms with Gasteiger partial charge in [0.05, 0.1) is 31.5 Å². The van der Waals surface area contributed by atoms with Crippen molar-refractivity contribution in [3.8, 4) is 0 Å². The highest BCUT2D eigenvalue weighted by atomic mass is 28.4. The van der Waals surface area contributed by atoms with Crippen molar-refractivity contribution in [1.82, 2.24) is 0 Å². The standard InChI is InChI=1S/C32H42O4Si/c1-25(22-34-23-26-14-8-5-9-15-26)20-31-30(33)21-27(36-31)24-35-37(32(2,3)4,28-16-10-6-11-17-28)29-18-12-7-13-19-29/h5-19,25,27,30-31,33H,20-24H2,1-4H3/t25-,27-,30-,31-/m1/s1. The van der Waals surface area contributed by atoms with Gasteiger partial charge in [-0.2, -0.15) is 0 Å². The van der Waals surface area contributed by atoms with Crippen LogP contribution >= 0.6 is 0 Å². The Labute approximate surface area is 223 Å². The molecule has 3 aromatic rings. The molecule has 0 amide bonds. The number of ether oxygens (including phenoxy) is 2. The van der Waals surface area contributed by atoms with E-state index in [1.807, 2.05) is 18.2 Å². The molecule has 0 radical (unpaired) electrons. The number of hydrogen-bond acceptors (Lipinski definition) is 4. The van der Waals surface area contributed by atoms with Crippen molar-refractivity contribution in [2.45, 2.75) is 70.5 Å². The van der Waals surface area contributed by atoms with Gasteiger partial charge in [0.2, 0.25) is 0 Å². The Hall–Kier alpha value is -2.28. The molecule has 4 rings (SSSR count). The predicted molar refractivity (Wildman–Crippen MR) is 153 cm³/mol. The van der Waals surface area contributed by atoms with Crippen molar-refractivity contribution >= 4 is 18.7 Å². The SMILES string of the molecule is C[C@@H](COCc1ccccc1)C[C@H]1O[C@@H](CO[Si](c2ccccc2)(c2ccccc2)C(C)(C)C)C[C@H]1O. The van der Waals surface area contributed by atoms with Gasteiger partial charge in [-0.15, -0.1) is 0 Å². The minimum atomic E-state index is -2.62. The van der Waals surface area contributed by atoms with Gasteiger partial charge in [0.15, 0.2) is 0 Å². The fraction of sp³-hybridized carbons (Fsp3) is 0.438. The van der Waals surface area contributed by atoms with Crippen molar-refractivity contribution in [1.29, 1.82) is 0 Å². The highest BCUT2D eigenvalue weighted by Crippen LogP contribution is 2.37. The van der Waals surface area contributed by atoms with Gasteiger partial charge in [0.1, 0.15) is 0 Å². The van der Waals surface area contributed by atoms with Crippen LogP contribution in [-0.4, -0.2) is 44.9 Å². The zero-order valence-electron chi connectivity index (χ0n) is 22.7. The van der Waals surface area contributed by atoms with Crippen molar-refractivity contribution in [3.63, 3.8) is 0 Å². The monoisotopic (exact) mass is 518 g/mol. The second-order valence-corrected chi connectivity index (χ2v) is 15.7. The third-order valence-electron chi connectivity index (χ3n) is 7.35. The van der Waals surface area contributed by atoms with Crippen molar-refractivity contribution < 1.29 is 19.0 Å². The van der Waals surface area contributed by atoms with E-state index in [0.29, 0.717) is 32.2 Å². The second kappa shape index (κ2) is 12.5. The third-order valence-corrected chi connectivity index (χ3v) is 12.4. The van der Waals surface area contributed by atoms with Gasteiger partial charge >= 0.3 is 0 Å². The summed E-state index contributed by atoms with van der Waals surface area (Å²) in [4.78, 5) is 0. The summed E-state index contributed by atoms with van der Waals surface area (Å²) >= 11 is 0. The lowest BCUT2D eigenvalue weighted by Crippen LogP contribution is -2.67. The Bertz CT molecular complexity index is 1030. The highest BCUT2D eigenvalue weighted by Gasteiger charge is 2.51. The Kier molecular flexibility index (Phi) is 9.38. The van der Waals surface area contributed by atoms with Crippen LogP contribution in [0.2, 0.25) is 5.04 Å². The van der Waals surface area contributed by atoms with Crippen LogP contribution in [0.1, 0.15) is 46.1 Å². The average molecular weight is 519 g/mol. The lowest BCUT2D eigenvalue weighted by atomic mass is 10.0. The van der Waals surface area contributed by atoms with Crippen molar-refractivity contribution in [2.24, 2.45) is 5.92 Å². The van der Waals surface area contributed by atoms with E-state index in [-0.39, 0.29) is 17.2 Å². The zero-order chi connectivity index (χ0) is 26.3. The Morgan fingerprint density at radius 3 is 1.97 bits per heavy atom. The minimum absolute atomic E-state index is 0.0864. The first-order valence-corrected chi connectivity index (χ1v) is 15.4. The van der Waals surface area contributed by atoms with Crippen molar-refractivity contribution in [2.75, 3.05) is 13.2 Å². The van der Waals surface area contributed by atoms with Crippen LogP contribution in [0.3, 0.4) is 0 Å². The summed E-state index contributed by atoms with van der Waals surface area (Å²) in [5, 5.41) is 13.3. The predicted octanol–water partition coefficient (Wildman–Crippen LogP) is 5.32. The van der Waals surface area contributed by atoms with E-state index in [4.69, 9.17) is 13.9 Å². The maximum absolute atomic E-state index is 10.8. The Morgan fingerprint density at radius 2 is 1.43 bits per heavy atom. The second-order valence-electron chi connectivity index (χ2n) is 11.4. The maximum Gasteiger partial charge on any atom is 0.261 e. The molecule has 1 aliphatic heterocycles. The van der Waals surface area contributed by atoms with E-state index in [1.165, 1.54) is 15.9 Å². The molecule has 1 saturated heterocycles. The summed E-state index contributed by atoms with van der Waals surface area (Å²) < 4.78 is 19.3. The van der Waals surface area contributed by atoms with Crippen LogP contribution in [0.25, 0.3) is 0 Å². The molecule has 1 aliphatic rings. The first-order chi connectivity index (χ1) is 17.8. The lowest BCUT2D eigenvalue weighted by Gasteiger charge is -2.43. The average Bonchev–Trinajstić information content (AvgIpc) is 3.24. The lowest BCUT2D eigenvalue weighted by molar-refractivity contribution is -0.0257. The largest absolute Gasteiger partial charge is 0.405 e. The van der Waals surface area contributed by atoms with E-state index in [0.717, 1.165) is 6.42 Å². The van der Waals surface area contributed by atoms with Crippen LogP contribution in [-0.2, 0) is 20.5 Å². The topological polar surface area (TPSA) is 47.9 Å². The van der Waals surface area contributed by atoms with Crippen LogP contribution in [0.5, 0.6) is 0 Å². The number of hydrogen-bond donors (Lipinski definition) is 1. The molecular weight excluding hydrogens is 476 g/mol. The number of rotatable bonds is 11. The van der Waals surface area contributed by atoms with E-state index < -0.39 is 14.4 Å². The molecular formula is C32H42O4Si. The van der Waals surface area contributed by atoms with Gasteiger partial charge in [0, 0.05) is 13.0 Å². The first kappa shape index (κ1) is 27.7. The Morgan fingerprint density at radius 1 is 0.892 bits per heavy atom. The van der Waals surface area contributed by atoms with E-state index >= 15 is 0 Å². The molecule has 1 heterocycles. The molecule has 0 spiro atoms. The highest BCUT2D eigenvalue weighted by molar-refractivity contribution is 6.99. The van der Waals surface area contributed by atoms with Crippen LogP contribution in [0.15, 0.2) is 91.0 Å². The quantitative estimate of drug-likeness (QED) is 0.349. The van der Waals surface area contributed by atoms with Gasteiger partial charge in [-0.05, 0) is 33.3 Å². The minimum Gasteiger partial charge on any atom is -0.405 e. The summed E-state index contributed by atoms with van der Waals surface area (Å²) in [6.45, 7) is 10.7. The van der Waals surface area contributed by atoms with E-state index in [9.17, 15) is 5.11 Å². The van der Waals surface area contributed by atoms with Crippen LogP contribution in [0.4, 0.5) is 0 Å². The summed E-state index contributed by atoms with van der Waals surface area (Å²) in [5.74, 6) is 0.291.